The third-order valence-corrected chi connectivity index (χ3v) is 4.25. The van der Waals surface area contributed by atoms with Crippen molar-refractivity contribution in [3.05, 3.63) is 75.8 Å². The molecule has 0 radical (unpaired) electrons. The number of H-pyrrole nitrogens is 1. The highest BCUT2D eigenvalue weighted by atomic mass is 35.5. The van der Waals surface area contributed by atoms with Crippen LogP contribution in [0.25, 0.3) is 28.0 Å². The summed E-state index contributed by atoms with van der Waals surface area (Å²) in [7, 11) is 0. The van der Waals surface area contributed by atoms with E-state index in [4.69, 9.17) is 11.6 Å². The summed E-state index contributed by atoms with van der Waals surface area (Å²) in [5, 5.41) is 15.1. The van der Waals surface area contributed by atoms with Crippen LogP contribution in [0.5, 0.6) is 5.75 Å². The van der Waals surface area contributed by atoms with Gasteiger partial charge in [0, 0.05) is 5.56 Å². The monoisotopic (exact) mass is 355 g/mol. The number of halogens is 2. The van der Waals surface area contributed by atoms with Crippen LogP contribution >= 0.6 is 11.6 Å². The molecule has 2 aromatic heterocycles. The number of aromatic amines is 1. The standard InChI is InChI=1S/C18H11ClFN3O2/c19-14-4-2-1-3-12(14)15-17(25)16(24)13-9-21-23(18(13)22-15)11-7-5-10(20)6-8-11/h1-9,25H,(H,22,24). The van der Waals surface area contributed by atoms with E-state index in [0.717, 1.165) is 0 Å². The van der Waals surface area contributed by atoms with Gasteiger partial charge in [0.1, 0.15) is 11.5 Å². The summed E-state index contributed by atoms with van der Waals surface area (Å²) in [4.78, 5) is 15.5. The van der Waals surface area contributed by atoms with E-state index in [2.05, 4.69) is 10.1 Å². The third kappa shape index (κ3) is 2.47. The Kier molecular flexibility index (Phi) is 3.54. The van der Waals surface area contributed by atoms with Crippen LogP contribution in [-0.4, -0.2) is 19.9 Å². The Morgan fingerprint density at radius 2 is 1.84 bits per heavy atom. The first-order valence-corrected chi connectivity index (χ1v) is 7.78. The Morgan fingerprint density at radius 3 is 2.56 bits per heavy atom. The minimum absolute atomic E-state index is 0.201. The summed E-state index contributed by atoms with van der Waals surface area (Å²) in [6, 6.07) is 12.5. The average Bonchev–Trinajstić information content (AvgIpc) is 3.03. The zero-order valence-corrected chi connectivity index (χ0v) is 13.5. The molecule has 2 heterocycles. The lowest BCUT2D eigenvalue weighted by Crippen LogP contribution is -2.06. The van der Waals surface area contributed by atoms with E-state index in [1.54, 1.807) is 36.4 Å². The van der Waals surface area contributed by atoms with Gasteiger partial charge in [-0.3, -0.25) is 4.79 Å². The largest absolute Gasteiger partial charge is 0.503 e. The predicted octanol–water partition coefficient (Wildman–Crippen LogP) is 3.88. The van der Waals surface area contributed by atoms with Crippen molar-refractivity contribution in [1.29, 1.82) is 0 Å². The molecule has 2 N–H and O–H groups in total. The highest BCUT2D eigenvalue weighted by Crippen LogP contribution is 2.32. The number of aromatic nitrogens is 3. The van der Waals surface area contributed by atoms with Crippen LogP contribution < -0.4 is 5.43 Å². The summed E-state index contributed by atoms with van der Waals surface area (Å²) in [5.74, 6) is -0.803. The molecular formula is C18H11ClFN3O2. The van der Waals surface area contributed by atoms with E-state index in [9.17, 15) is 14.3 Å². The Bertz CT molecular complexity index is 1150. The second-order valence-electron chi connectivity index (χ2n) is 5.45. The molecule has 4 aromatic rings. The summed E-state index contributed by atoms with van der Waals surface area (Å²) in [6.45, 7) is 0. The molecular weight excluding hydrogens is 345 g/mol. The lowest BCUT2D eigenvalue weighted by atomic mass is 10.1. The van der Waals surface area contributed by atoms with Gasteiger partial charge in [0.05, 0.1) is 28.0 Å². The summed E-state index contributed by atoms with van der Waals surface area (Å²) < 4.78 is 14.6. The molecule has 0 fully saturated rings. The number of fused-ring (bicyclic) bond motifs is 1. The maximum atomic E-state index is 13.2. The van der Waals surface area contributed by atoms with Crippen molar-refractivity contribution in [3.8, 4) is 22.7 Å². The molecule has 0 saturated heterocycles. The van der Waals surface area contributed by atoms with Crippen molar-refractivity contribution in [2.24, 2.45) is 0 Å². The van der Waals surface area contributed by atoms with Crippen molar-refractivity contribution < 1.29 is 9.50 Å². The minimum atomic E-state index is -0.558. The highest BCUT2D eigenvalue weighted by Gasteiger charge is 2.18. The van der Waals surface area contributed by atoms with E-state index in [0.29, 0.717) is 21.9 Å². The first kappa shape index (κ1) is 15.4. The van der Waals surface area contributed by atoms with Crippen LogP contribution in [0, 0.1) is 5.82 Å². The molecule has 0 aliphatic heterocycles. The second-order valence-corrected chi connectivity index (χ2v) is 5.86. The number of nitrogens with one attached hydrogen (secondary N) is 1. The molecule has 0 atom stereocenters. The molecule has 0 aliphatic rings. The maximum Gasteiger partial charge on any atom is 0.234 e. The lowest BCUT2D eigenvalue weighted by molar-refractivity contribution is 0.471. The fourth-order valence-corrected chi connectivity index (χ4v) is 2.92. The molecule has 124 valence electrons. The third-order valence-electron chi connectivity index (χ3n) is 3.92. The normalized spacial score (nSPS) is 11.1. The molecule has 0 saturated carbocycles. The molecule has 0 bridgehead atoms. The smallest absolute Gasteiger partial charge is 0.234 e. The molecule has 25 heavy (non-hydrogen) atoms. The summed E-state index contributed by atoms with van der Waals surface area (Å²) in [6.07, 6.45) is 1.35. The van der Waals surface area contributed by atoms with Crippen molar-refractivity contribution in [2.45, 2.75) is 0 Å². The van der Waals surface area contributed by atoms with Crippen molar-refractivity contribution in [3.63, 3.8) is 0 Å². The van der Waals surface area contributed by atoms with Gasteiger partial charge >= 0.3 is 0 Å². The van der Waals surface area contributed by atoms with E-state index in [1.165, 1.54) is 23.0 Å². The Hall–Kier alpha value is -3.12. The quantitative estimate of drug-likeness (QED) is 0.573. The minimum Gasteiger partial charge on any atom is -0.503 e. The van der Waals surface area contributed by atoms with Crippen LogP contribution in [-0.2, 0) is 0 Å². The first-order valence-electron chi connectivity index (χ1n) is 7.40. The fraction of sp³-hybridized carbons (Fsp3) is 0. The topological polar surface area (TPSA) is 70.9 Å². The molecule has 4 rings (SSSR count). The molecule has 0 spiro atoms. The van der Waals surface area contributed by atoms with E-state index >= 15 is 0 Å². The Balaban J connectivity index is 2.02. The molecule has 7 heteroatoms. The van der Waals surface area contributed by atoms with Gasteiger partial charge in [-0.05, 0) is 30.3 Å². The van der Waals surface area contributed by atoms with Gasteiger partial charge < -0.3 is 10.1 Å². The van der Waals surface area contributed by atoms with Gasteiger partial charge in [-0.2, -0.15) is 5.10 Å². The predicted molar refractivity (Wildman–Crippen MR) is 93.8 cm³/mol. The average molecular weight is 356 g/mol. The van der Waals surface area contributed by atoms with Crippen molar-refractivity contribution in [1.82, 2.24) is 14.8 Å². The van der Waals surface area contributed by atoms with E-state index < -0.39 is 11.2 Å². The molecule has 0 amide bonds. The molecule has 2 aromatic carbocycles. The van der Waals surface area contributed by atoms with Crippen LogP contribution in [0.2, 0.25) is 5.02 Å². The van der Waals surface area contributed by atoms with Gasteiger partial charge in [0.25, 0.3) is 0 Å². The summed E-state index contributed by atoms with van der Waals surface area (Å²) >= 11 is 6.19. The zero-order chi connectivity index (χ0) is 17.6. The number of benzene rings is 2. The Labute approximate surface area is 145 Å². The lowest BCUT2D eigenvalue weighted by Gasteiger charge is -2.09. The SMILES string of the molecule is O=c1c(O)c(-c2ccccc2Cl)[nH]c2c1cnn2-c1ccc(F)cc1. The fourth-order valence-electron chi connectivity index (χ4n) is 2.69. The van der Waals surface area contributed by atoms with Crippen LogP contribution in [0.15, 0.2) is 59.5 Å². The highest BCUT2D eigenvalue weighted by molar-refractivity contribution is 6.33. The van der Waals surface area contributed by atoms with Gasteiger partial charge in [-0.25, -0.2) is 9.07 Å². The number of nitrogens with zero attached hydrogens (tertiary/aromatic N) is 2. The summed E-state index contributed by atoms with van der Waals surface area (Å²) in [5.41, 5.74) is 1.09. The van der Waals surface area contributed by atoms with Gasteiger partial charge in [0.2, 0.25) is 5.43 Å². The molecule has 0 unspecified atom stereocenters. The second kappa shape index (κ2) is 5.75. The van der Waals surface area contributed by atoms with Crippen molar-refractivity contribution >= 4 is 22.6 Å². The van der Waals surface area contributed by atoms with E-state index in [-0.39, 0.29) is 16.9 Å². The Morgan fingerprint density at radius 1 is 1.12 bits per heavy atom. The number of rotatable bonds is 2. The number of hydrogen-bond acceptors (Lipinski definition) is 3. The molecule has 0 aliphatic carbocycles. The maximum absolute atomic E-state index is 13.2. The van der Waals surface area contributed by atoms with Gasteiger partial charge in [0.15, 0.2) is 5.75 Å². The zero-order valence-electron chi connectivity index (χ0n) is 12.7. The van der Waals surface area contributed by atoms with Crippen LogP contribution in [0.4, 0.5) is 4.39 Å². The number of hydrogen-bond donors (Lipinski definition) is 2. The van der Waals surface area contributed by atoms with Gasteiger partial charge in [-0.15, -0.1) is 0 Å². The molecule has 5 nitrogen and oxygen atoms in total. The van der Waals surface area contributed by atoms with Crippen LogP contribution in [0.1, 0.15) is 0 Å². The number of pyridine rings is 1. The van der Waals surface area contributed by atoms with E-state index in [1.807, 2.05) is 0 Å². The first-order chi connectivity index (χ1) is 12.1. The van der Waals surface area contributed by atoms with Crippen molar-refractivity contribution in [2.75, 3.05) is 0 Å². The van der Waals surface area contributed by atoms with Gasteiger partial charge in [-0.1, -0.05) is 29.8 Å². The van der Waals surface area contributed by atoms with Crippen LogP contribution in [0.3, 0.4) is 0 Å². The number of aromatic hydroxyl groups is 1.